The molecule has 0 saturated heterocycles. The van der Waals surface area contributed by atoms with Crippen LogP contribution in [0.4, 0.5) is 0 Å². The van der Waals surface area contributed by atoms with Crippen molar-refractivity contribution in [1.82, 2.24) is 4.57 Å². The quantitative estimate of drug-likeness (QED) is 0.182. The molecule has 50 heavy (non-hydrogen) atoms. The van der Waals surface area contributed by atoms with Crippen LogP contribution >= 0.6 is 0 Å². The normalized spacial score (nSPS) is 14.5. The number of benzene rings is 7. The number of allylic oxidation sites excluding steroid dienone is 1. The Balaban J connectivity index is 1.08. The van der Waals surface area contributed by atoms with Crippen molar-refractivity contribution in [1.29, 1.82) is 0 Å². The van der Waals surface area contributed by atoms with Gasteiger partial charge in [-0.25, -0.2) is 0 Å². The van der Waals surface area contributed by atoms with Crippen molar-refractivity contribution >= 4 is 22.6 Å². The Bertz CT molecular complexity index is 2640. The highest BCUT2D eigenvalue weighted by Crippen LogP contribution is 2.63. The van der Waals surface area contributed by atoms with Crippen molar-refractivity contribution in [2.24, 2.45) is 0 Å². The summed E-state index contributed by atoms with van der Waals surface area (Å²) in [7, 11) is 0. The Hall–Kier alpha value is -6.18. The molecule has 0 fully saturated rings. The van der Waals surface area contributed by atoms with Crippen molar-refractivity contribution in [2.45, 2.75) is 18.3 Å². The van der Waals surface area contributed by atoms with E-state index < -0.39 is 0 Å². The fourth-order valence-electron chi connectivity index (χ4n) is 9.57. The number of hydrogen-bond acceptors (Lipinski definition) is 0. The molecule has 0 N–H and O–H groups in total. The summed E-state index contributed by atoms with van der Waals surface area (Å²) in [5.41, 5.74) is 21.1. The van der Waals surface area contributed by atoms with Gasteiger partial charge in [0, 0.05) is 22.3 Å². The van der Waals surface area contributed by atoms with Gasteiger partial charge in [-0.3, -0.25) is 0 Å². The fraction of sp³-hybridized carbons (Fsp3) is 0.0612. The third-order valence-electron chi connectivity index (χ3n) is 11.6. The van der Waals surface area contributed by atoms with E-state index >= 15 is 0 Å². The molecule has 0 bridgehead atoms. The summed E-state index contributed by atoms with van der Waals surface area (Å²) in [6.07, 6.45) is 4.48. The molecule has 0 unspecified atom stereocenters. The first kappa shape index (κ1) is 27.7. The second-order valence-electron chi connectivity index (χ2n) is 13.9. The van der Waals surface area contributed by atoms with Crippen molar-refractivity contribution < 1.29 is 0 Å². The zero-order chi connectivity index (χ0) is 32.8. The van der Waals surface area contributed by atoms with Crippen molar-refractivity contribution in [3.63, 3.8) is 0 Å². The molecule has 8 aromatic rings. The SMILES string of the molecule is C1=C(c2ccccc2)CCc2c1c1ccccc1n2-c1ccc(-c2cccc3c2-c2ccccc2C32c3ccccc3-c3ccccc32)cc1. The lowest BCUT2D eigenvalue weighted by Gasteiger charge is -2.30. The summed E-state index contributed by atoms with van der Waals surface area (Å²) >= 11 is 0. The third kappa shape index (κ3) is 3.62. The smallest absolute Gasteiger partial charge is 0.0725 e. The molecule has 1 aromatic heterocycles. The van der Waals surface area contributed by atoms with Gasteiger partial charge in [-0.1, -0.05) is 152 Å². The minimum atomic E-state index is -0.329. The minimum Gasteiger partial charge on any atom is -0.313 e. The molecular formula is C49H33N. The van der Waals surface area contributed by atoms with Crippen LogP contribution in [0, 0.1) is 0 Å². The maximum atomic E-state index is 2.50. The van der Waals surface area contributed by atoms with Gasteiger partial charge in [0.15, 0.2) is 0 Å². The van der Waals surface area contributed by atoms with Gasteiger partial charge in [0.1, 0.15) is 0 Å². The summed E-state index contributed by atoms with van der Waals surface area (Å²) in [6.45, 7) is 0. The summed E-state index contributed by atoms with van der Waals surface area (Å²) in [4.78, 5) is 0. The highest BCUT2D eigenvalue weighted by Gasteiger charge is 2.51. The molecule has 0 atom stereocenters. The number of hydrogen-bond donors (Lipinski definition) is 0. The Morgan fingerprint density at radius 2 is 1.00 bits per heavy atom. The molecule has 11 rings (SSSR count). The average Bonchev–Trinajstić information content (AvgIpc) is 3.80. The lowest BCUT2D eigenvalue weighted by Crippen LogP contribution is -2.25. The fourth-order valence-corrected chi connectivity index (χ4v) is 9.57. The number of aromatic nitrogens is 1. The maximum absolute atomic E-state index is 2.50. The first-order valence-electron chi connectivity index (χ1n) is 17.7. The first-order valence-corrected chi connectivity index (χ1v) is 17.7. The van der Waals surface area contributed by atoms with E-state index in [1.54, 1.807) is 0 Å². The Labute approximate surface area is 292 Å². The second kappa shape index (κ2) is 10.4. The van der Waals surface area contributed by atoms with Crippen LogP contribution in [-0.2, 0) is 11.8 Å². The standard InChI is InChI=1S/C49H33N/c1-2-13-32(14-3-1)34-27-30-47-41(31-34)39-17-7-11-24-46(39)50(47)35-28-25-33(26-29-35)36-19-12-23-45-48(36)40-18-6-10-22-44(40)49(45)42-20-8-4-15-37(42)38-16-5-9-21-43(38)49/h1-26,28-29,31H,27,30H2. The Morgan fingerprint density at radius 3 is 1.74 bits per heavy atom. The van der Waals surface area contributed by atoms with Crippen LogP contribution in [0.25, 0.3) is 61.6 Å². The largest absolute Gasteiger partial charge is 0.313 e. The van der Waals surface area contributed by atoms with Gasteiger partial charge in [0.25, 0.3) is 0 Å². The van der Waals surface area contributed by atoms with Crippen molar-refractivity contribution in [3.8, 4) is 39.1 Å². The zero-order valence-corrected chi connectivity index (χ0v) is 27.6. The van der Waals surface area contributed by atoms with Gasteiger partial charge in [-0.15, -0.1) is 0 Å². The molecule has 7 aromatic carbocycles. The topological polar surface area (TPSA) is 4.93 Å². The predicted octanol–water partition coefficient (Wildman–Crippen LogP) is 12.1. The average molecular weight is 636 g/mol. The zero-order valence-electron chi connectivity index (χ0n) is 27.6. The maximum Gasteiger partial charge on any atom is 0.0725 e. The van der Waals surface area contributed by atoms with E-state index in [0.717, 1.165) is 12.8 Å². The second-order valence-corrected chi connectivity index (χ2v) is 13.9. The lowest BCUT2D eigenvalue weighted by atomic mass is 9.70. The summed E-state index contributed by atoms with van der Waals surface area (Å²) < 4.78 is 2.50. The van der Waals surface area contributed by atoms with E-state index in [0.29, 0.717) is 0 Å². The minimum absolute atomic E-state index is 0.329. The van der Waals surface area contributed by atoms with Crippen LogP contribution in [-0.4, -0.2) is 4.57 Å². The lowest BCUT2D eigenvalue weighted by molar-refractivity contribution is 0.794. The molecule has 0 saturated carbocycles. The van der Waals surface area contributed by atoms with Gasteiger partial charge in [0.2, 0.25) is 0 Å². The van der Waals surface area contributed by atoms with Crippen LogP contribution in [0.3, 0.4) is 0 Å². The molecule has 1 heterocycles. The molecular weight excluding hydrogens is 603 g/mol. The van der Waals surface area contributed by atoms with E-state index in [4.69, 9.17) is 0 Å². The van der Waals surface area contributed by atoms with E-state index in [1.165, 1.54) is 94.6 Å². The number of fused-ring (bicyclic) bond motifs is 13. The number of nitrogens with zero attached hydrogens (tertiary/aromatic N) is 1. The molecule has 3 aliphatic carbocycles. The Kier molecular flexibility index (Phi) is 5.77. The van der Waals surface area contributed by atoms with Crippen LogP contribution < -0.4 is 0 Å². The summed E-state index contributed by atoms with van der Waals surface area (Å²) in [5, 5.41) is 1.32. The highest BCUT2D eigenvalue weighted by atomic mass is 15.0. The first-order chi connectivity index (χ1) is 24.8. The summed E-state index contributed by atoms with van der Waals surface area (Å²) in [6, 6.07) is 63.2. The van der Waals surface area contributed by atoms with Gasteiger partial charge in [-0.2, -0.15) is 0 Å². The molecule has 3 aliphatic rings. The molecule has 0 radical (unpaired) electrons. The van der Waals surface area contributed by atoms with E-state index in [9.17, 15) is 0 Å². The molecule has 0 aliphatic heterocycles. The van der Waals surface area contributed by atoms with Crippen LogP contribution in [0.1, 0.15) is 45.5 Å². The highest BCUT2D eigenvalue weighted by molar-refractivity contribution is 6.01. The molecule has 1 heteroatoms. The monoisotopic (exact) mass is 635 g/mol. The van der Waals surface area contributed by atoms with E-state index in [1.807, 2.05) is 0 Å². The van der Waals surface area contributed by atoms with Gasteiger partial charge < -0.3 is 4.57 Å². The van der Waals surface area contributed by atoms with Gasteiger partial charge in [0.05, 0.1) is 10.9 Å². The molecule has 1 nitrogen and oxygen atoms in total. The summed E-state index contributed by atoms with van der Waals surface area (Å²) in [5.74, 6) is 0. The van der Waals surface area contributed by atoms with E-state index in [2.05, 4.69) is 181 Å². The molecule has 234 valence electrons. The molecule has 1 spiro atoms. The third-order valence-corrected chi connectivity index (χ3v) is 11.6. The van der Waals surface area contributed by atoms with E-state index in [-0.39, 0.29) is 5.41 Å². The molecule has 0 amide bonds. The number of para-hydroxylation sites is 1. The van der Waals surface area contributed by atoms with Crippen molar-refractivity contribution in [3.05, 3.63) is 209 Å². The predicted molar refractivity (Wildman–Crippen MR) is 208 cm³/mol. The number of rotatable bonds is 3. The van der Waals surface area contributed by atoms with Gasteiger partial charge >= 0.3 is 0 Å². The Morgan fingerprint density at radius 1 is 0.420 bits per heavy atom. The van der Waals surface area contributed by atoms with Crippen LogP contribution in [0.15, 0.2) is 170 Å². The van der Waals surface area contributed by atoms with Crippen LogP contribution in [0.5, 0.6) is 0 Å². The van der Waals surface area contributed by atoms with Gasteiger partial charge in [-0.05, 0) is 104 Å². The van der Waals surface area contributed by atoms with Crippen molar-refractivity contribution in [2.75, 3.05) is 0 Å². The van der Waals surface area contributed by atoms with Crippen LogP contribution in [0.2, 0.25) is 0 Å².